The number of methoxy groups -OCH3 is 1. The van der Waals surface area contributed by atoms with Crippen molar-refractivity contribution in [2.75, 3.05) is 24.7 Å². The summed E-state index contributed by atoms with van der Waals surface area (Å²) in [7, 11) is -0.373. The lowest BCUT2D eigenvalue weighted by Gasteiger charge is -2.38. The molecule has 0 saturated heterocycles. The monoisotopic (exact) mass is 432 g/mol. The van der Waals surface area contributed by atoms with Crippen LogP contribution in [0, 0.1) is 6.92 Å². The molecule has 0 fully saturated rings. The highest BCUT2D eigenvalue weighted by Crippen LogP contribution is 2.41. The molecule has 0 bridgehead atoms. The van der Waals surface area contributed by atoms with Crippen molar-refractivity contribution in [3.63, 3.8) is 0 Å². The van der Waals surface area contributed by atoms with E-state index in [2.05, 4.69) is 5.32 Å². The molecule has 1 amide bonds. The van der Waals surface area contributed by atoms with Gasteiger partial charge in [0.05, 0.1) is 25.1 Å². The third-order valence-electron chi connectivity index (χ3n) is 5.29. The van der Waals surface area contributed by atoms with E-state index in [0.29, 0.717) is 29.2 Å². The number of nitrogens with one attached hydrogen (secondary N) is 1. The molecule has 3 rings (SSSR count). The van der Waals surface area contributed by atoms with Gasteiger partial charge in [-0.1, -0.05) is 6.07 Å². The number of hydrogen-bond acceptors (Lipinski definition) is 5. The molecule has 1 aliphatic heterocycles. The second-order valence-electron chi connectivity index (χ2n) is 8.23. The highest BCUT2D eigenvalue weighted by molar-refractivity contribution is 7.92. The van der Waals surface area contributed by atoms with E-state index in [1.807, 2.05) is 39.0 Å². The van der Waals surface area contributed by atoms with Crippen molar-refractivity contribution >= 4 is 21.6 Å². The highest BCUT2D eigenvalue weighted by Gasteiger charge is 2.35. The summed E-state index contributed by atoms with van der Waals surface area (Å²) >= 11 is 0. The molecule has 2 aromatic carbocycles. The van der Waals surface area contributed by atoms with Crippen LogP contribution < -0.4 is 19.1 Å². The molecule has 1 aliphatic rings. The smallest absolute Gasteiger partial charge is 0.251 e. The third kappa shape index (κ3) is 4.53. The van der Waals surface area contributed by atoms with Crippen molar-refractivity contribution < 1.29 is 22.7 Å². The van der Waals surface area contributed by atoms with E-state index in [-0.39, 0.29) is 11.9 Å². The van der Waals surface area contributed by atoms with Gasteiger partial charge in [0.15, 0.2) is 0 Å². The summed E-state index contributed by atoms with van der Waals surface area (Å²) in [5.41, 5.74) is 2.03. The zero-order valence-electron chi connectivity index (χ0n) is 18.1. The molecule has 162 valence electrons. The predicted molar refractivity (Wildman–Crippen MR) is 117 cm³/mol. The number of rotatable bonds is 5. The third-order valence-corrected chi connectivity index (χ3v) is 6.48. The van der Waals surface area contributed by atoms with Crippen molar-refractivity contribution in [1.29, 1.82) is 0 Å². The van der Waals surface area contributed by atoms with Crippen LogP contribution in [-0.2, 0) is 10.0 Å². The first kappa shape index (κ1) is 22.0. The van der Waals surface area contributed by atoms with E-state index < -0.39 is 15.6 Å². The number of ether oxygens (including phenoxy) is 2. The Labute approximate surface area is 178 Å². The van der Waals surface area contributed by atoms with E-state index in [0.717, 1.165) is 17.4 Å². The van der Waals surface area contributed by atoms with Crippen molar-refractivity contribution in [2.24, 2.45) is 0 Å². The number of aryl methyl sites for hydroxylation is 1. The fourth-order valence-electron chi connectivity index (χ4n) is 3.60. The predicted octanol–water partition coefficient (Wildman–Crippen LogP) is 3.43. The normalized spacial score (nSPS) is 17.5. The van der Waals surface area contributed by atoms with Crippen molar-refractivity contribution in [1.82, 2.24) is 5.32 Å². The first-order valence-corrected chi connectivity index (χ1v) is 11.5. The number of benzene rings is 2. The number of anilines is 1. The zero-order valence-corrected chi connectivity index (χ0v) is 19.0. The molecule has 1 heterocycles. The maximum absolute atomic E-state index is 13.1. The van der Waals surface area contributed by atoms with Gasteiger partial charge in [-0.25, -0.2) is 8.42 Å². The minimum Gasteiger partial charge on any atom is -0.497 e. The van der Waals surface area contributed by atoms with Crippen LogP contribution in [0.5, 0.6) is 11.5 Å². The second-order valence-corrected chi connectivity index (χ2v) is 10.2. The minimum absolute atomic E-state index is 0.274. The standard InChI is InChI=1S/C22H28N2O5S/c1-14-7-8-15(11-19(14)24(4)30(6,26)27)21(25)23-18-13-22(2,3)29-20-10-9-16(28-5)12-17(18)20/h7-12,18H,13H2,1-6H3,(H,23,25). The molecule has 1 N–H and O–H groups in total. The number of nitrogens with zero attached hydrogens (tertiary/aromatic N) is 1. The van der Waals surface area contributed by atoms with Gasteiger partial charge >= 0.3 is 0 Å². The van der Waals surface area contributed by atoms with Crippen LogP contribution in [0.15, 0.2) is 36.4 Å². The van der Waals surface area contributed by atoms with Gasteiger partial charge in [-0.2, -0.15) is 0 Å². The summed E-state index contributed by atoms with van der Waals surface area (Å²) in [6, 6.07) is 10.3. The van der Waals surface area contributed by atoms with E-state index >= 15 is 0 Å². The molecular weight excluding hydrogens is 404 g/mol. The quantitative estimate of drug-likeness (QED) is 0.782. The topological polar surface area (TPSA) is 84.9 Å². The van der Waals surface area contributed by atoms with E-state index in [9.17, 15) is 13.2 Å². The summed E-state index contributed by atoms with van der Waals surface area (Å²) < 4.78 is 36.5. The number of amides is 1. The van der Waals surface area contributed by atoms with Crippen LogP contribution in [0.2, 0.25) is 0 Å². The van der Waals surface area contributed by atoms with Crippen molar-refractivity contribution in [3.8, 4) is 11.5 Å². The van der Waals surface area contributed by atoms with Gasteiger partial charge in [0.25, 0.3) is 5.91 Å². The average Bonchev–Trinajstić information content (AvgIpc) is 2.66. The van der Waals surface area contributed by atoms with Crippen molar-refractivity contribution in [3.05, 3.63) is 53.1 Å². The van der Waals surface area contributed by atoms with E-state index in [1.165, 1.54) is 11.4 Å². The van der Waals surface area contributed by atoms with Crippen LogP contribution in [-0.4, -0.2) is 40.3 Å². The van der Waals surface area contributed by atoms with Crippen molar-refractivity contribution in [2.45, 2.75) is 38.8 Å². The number of carbonyl (C=O) groups excluding carboxylic acids is 1. The molecule has 0 spiro atoms. The molecule has 0 aromatic heterocycles. The van der Waals surface area contributed by atoms with E-state index in [1.54, 1.807) is 25.3 Å². The molecule has 8 heteroatoms. The Morgan fingerprint density at radius 1 is 1.23 bits per heavy atom. The summed E-state index contributed by atoms with van der Waals surface area (Å²) in [5.74, 6) is 1.11. The van der Waals surface area contributed by atoms with Crippen LogP contribution in [0.4, 0.5) is 5.69 Å². The molecular formula is C22H28N2O5S. The van der Waals surface area contributed by atoms with Crippen LogP contribution in [0.3, 0.4) is 0 Å². The van der Waals surface area contributed by atoms with Gasteiger partial charge in [-0.15, -0.1) is 0 Å². The first-order valence-electron chi connectivity index (χ1n) is 9.63. The number of carbonyl (C=O) groups is 1. The summed E-state index contributed by atoms with van der Waals surface area (Å²) in [6.07, 6.45) is 1.72. The highest BCUT2D eigenvalue weighted by atomic mass is 32.2. The summed E-state index contributed by atoms with van der Waals surface area (Å²) in [6.45, 7) is 5.76. The maximum atomic E-state index is 13.1. The summed E-state index contributed by atoms with van der Waals surface area (Å²) in [4.78, 5) is 13.1. The Kier molecular flexibility index (Phi) is 5.73. The van der Waals surface area contributed by atoms with Gasteiger partial charge in [0, 0.05) is 24.6 Å². The maximum Gasteiger partial charge on any atom is 0.251 e. The lowest BCUT2D eigenvalue weighted by atomic mass is 9.89. The Morgan fingerprint density at radius 2 is 1.93 bits per heavy atom. The van der Waals surface area contributed by atoms with Gasteiger partial charge in [-0.05, 0) is 56.7 Å². The first-order chi connectivity index (χ1) is 13.9. The molecule has 1 unspecified atom stereocenters. The lowest BCUT2D eigenvalue weighted by Crippen LogP contribution is -2.41. The van der Waals surface area contributed by atoms with Gasteiger partial charge in [0.2, 0.25) is 10.0 Å². The lowest BCUT2D eigenvalue weighted by molar-refractivity contribution is 0.0618. The average molecular weight is 433 g/mol. The SMILES string of the molecule is COc1ccc2c(c1)C(NC(=O)c1ccc(C)c(N(C)S(C)(=O)=O)c1)CC(C)(C)O2. The number of fused-ring (bicyclic) bond motifs is 1. The Bertz CT molecular complexity index is 1080. The zero-order chi connectivity index (χ0) is 22.3. The molecule has 0 saturated carbocycles. The molecule has 7 nitrogen and oxygen atoms in total. The van der Waals surface area contributed by atoms with Gasteiger partial charge < -0.3 is 14.8 Å². The van der Waals surface area contributed by atoms with Gasteiger partial charge in [-0.3, -0.25) is 9.10 Å². The van der Waals surface area contributed by atoms with Crippen LogP contribution >= 0.6 is 0 Å². The number of sulfonamides is 1. The Morgan fingerprint density at radius 3 is 2.57 bits per heavy atom. The fourth-order valence-corrected chi connectivity index (χ4v) is 4.15. The molecule has 1 atom stereocenters. The second kappa shape index (κ2) is 7.83. The minimum atomic E-state index is -3.44. The Balaban J connectivity index is 1.93. The molecule has 30 heavy (non-hydrogen) atoms. The van der Waals surface area contributed by atoms with E-state index in [4.69, 9.17) is 9.47 Å². The number of hydrogen-bond donors (Lipinski definition) is 1. The Hall–Kier alpha value is -2.74. The largest absolute Gasteiger partial charge is 0.497 e. The van der Waals surface area contributed by atoms with Gasteiger partial charge in [0.1, 0.15) is 17.1 Å². The van der Waals surface area contributed by atoms with Crippen LogP contribution in [0.1, 0.15) is 47.8 Å². The fraction of sp³-hybridized carbons (Fsp3) is 0.409. The molecule has 2 aromatic rings. The molecule has 0 radical (unpaired) electrons. The molecule has 0 aliphatic carbocycles. The summed E-state index contributed by atoms with van der Waals surface area (Å²) in [5, 5.41) is 3.08. The van der Waals surface area contributed by atoms with Crippen LogP contribution in [0.25, 0.3) is 0 Å².